The van der Waals surface area contributed by atoms with E-state index in [0.717, 1.165) is 60.2 Å². The molecule has 2 heterocycles. The smallest absolute Gasteiger partial charge is 0.279 e. The normalized spacial score (nSPS) is 20.4. The summed E-state index contributed by atoms with van der Waals surface area (Å²) in [6.45, 7) is 4.87. The van der Waals surface area contributed by atoms with Crippen LogP contribution in [0.2, 0.25) is 4.34 Å². The number of carbonyl (C=O) groups is 1. The Labute approximate surface area is 154 Å². The van der Waals surface area contributed by atoms with Gasteiger partial charge in [0.25, 0.3) is 5.91 Å². The maximum Gasteiger partial charge on any atom is 0.279 e. The van der Waals surface area contributed by atoms with Crippen LogP contribution in [0, 0.1) is 11.6 Å². The summed E-state index contributed by atoms with van der Waals surface area (Å²) in [5.41, 5.74) is -0.108. The molecule has 1 saturated heterocycles. The summed E-state index contributed by atoms with van der Waals surface area (Å²) < 4.78 is 27.5. The van der Waals surface area contributed by atoms with Crippen molar-refractivity contribution < 1.29 is 23.4 Å². The number of anilines is 1. The Morgan fingerprint density at radius 3 is 2.52 bits per heavy atom. The Morgan fingerprint density at radius 1 is 1.12 bits per heavy atom. The molecule has 0 unspecified atom stereocenters. The Morgan fingerprint density at radius 2 is 1.84 bits per heavy atom. The first kappa shape index (κ1) is 18.3. The molecule has 1 aromatic carbocycles. The second kappa shape index (κ2) is 8.23. The lowest BCUT2D eigenvalue weighted by atomic mass is 10.2. The molecule has 0 radical (unpaired) electrons. The Balaban J connectivity index is 1.45. The summed E-state index contributed by atoms with van der Waals surface area (Å²) in [6.07, 6.45) is 0. The monoisotopic (exact) mass is 387 g/mol. The second-order valence-corrected chi connectivity index (χ2v) is 8.03. The van der Waals surface area contributed by atoms with E-state index in [-0.39, 0.29) is 18.1 Å². The summed E-state index contributed by atoms with van der Waals surface area (Å²) >= 11 is 7.56. The summed E-state index contributed by atoms with van der Waals surface area (Å²) in [7, 11) is 0. The van der Waals surface area contributed by atoms with Crippen LogP contribution in [0.5, 0.6) is 0 Å². The molecule has 4 nitrogen and oxygen atoms in total. The second-order valence-electron chi connectivity index (χ2n) is 6.23. The fourth-order valence-electron chi connectivity index (χ4n) is 3.02. The molecule has 1 aliphatic heterocycles. The van der Waals surface area contributed by atoms with E-state index in [2.05, 4.69) is 11.4 Å². The van der Waals surface area contributed by atoms with E-state index in [9.17, 15) is 13.6 Å². The quantitative estimate of drug-likeness (QED) is 0.690. The molecule has 0 atom stereocenters. The molecular weight excluding hydrogens is 368 g/mol. The fraction of sp³-hybridized carbons (Fsp3) is 0.353. The Hall–Kier alpha value is -1.54. The number of thiophene rings is 1. The highest BCUT2D eigenvalue weighted by Gasteiger charge is 2.25. The van der Waals surface area contributed by atoms with E-state index in [1.807, 2.05) is 6.07 Å². The number of amides is 1. The molecule has 1 amide bonds. The van der Waals surface area contributed by atoms with Gasteiger partial charge in [0.15, 0.2) is 6.54 Å². The molecule has 0 bridgehead atoms. The first-order valence-electron chi connectivity index (χ1n) is 8.16. The standard InChI is InChI=1S/C17H18ClF2N3OS/c18-16-4-2-13(25-16)10-22-5-7-23(8-6-22)11-17(24)21-15-9-12(19)1-3-14(15)20/h1-4,9H,5-8,10-11H2,(H,21,24)/p+2. The largest absolute Gasteiger partial charge is 0.321 e. The number of halogens is 3. The van der Waals surface area contributed by atoms with Crippen LogP contribution >= 0.6 is 22.9 Å². The van der Waals surface area contributed by atoms with Crippen molar-refractivity contribution in [1.82, 2.24) is 0 Å². The van der Waals surface area contributed by atoms with Crippen LogP contribution in [0.25, 0.3) is 0 Å². The lowest BCUT2D eigenvalue weighted by Gasteiger charge is -2.29. The van der Waals surface area contributed by atoms with E-state index in [1.54, 1.807) is 11.3 Å². The zero-order valence-corrected chi connectivity index (χ0v) is 15.2. The van der Waals surface area contributed by atoms with E-state index < -0.39 is 11.6 Å². The summed E-state index contributed by atoms with van der Waals surface area (Å²) in [5, 5.41) is 2.46. The predicted octanol–water partition coefficient (Wildman–Crippen LogP) is 0.602. The lowest BCUT2D eigenvalue weighted by Crippen LogP contribution is -3.28. The number of carbonyl (C=O) groups excluding carboxylic acids is 1. The summed E-state index contributed by atoms with van der Waals surface area (Å²) in [5.74, 6) is -1.50. The highest BCUT2D eigenvalue weighted by molar-refractivity contribution is 7.16. The molecule has 1 aromatic heterocycles. The SMILES string of the molecule is O=C(C[NH+]1CC[NH+](Cc2ccc(Cl)s2)CC1)Nc1cc(F)ccc1F. The molecule has 134 valence electrons. The minimum atomic E-state index is -0.631. The van der Waals surface area contributed by atoms with Crippen molar-refractivity contribution >= 4 is 34.5 Å². The zero-order chi connectivity index (χ0) is 17.8. The molecule has 3 N–H and O–H groups in total. The molecule has 0 aliphatic carbocycles. The number of piperazine rings is 1. The van der Waals surface area contributed by atoms with Crippen LogP contribution in [0.4, 0.5) is 14.5 Å². The van der Waals surface area contributed by atoms with Gasteiger partial charge in [-0.25, -0.2) is 8.78 Å². The van der Waals surface area contributed by atoms with Crippen LogP contribution in [0.1, 0.15) is 4.88 Å². The number of benzene rings is 1. The van der Waals surface area contributed by atoms with Gasteiger partial charge in [0.2, 0.25) is 0 Å². The summed E-state index contributed by atoms with van der Waals surface area (Å²) in [4.78, 5) is 16.0. The first-order chi connectivity index (χ1) is 12.0. The third kappa shape index (κ3) is 5.22. The minimum absolute atomic E-state index is 0.108. The van der Waals surface area contributed by atoms with Gasteiger partial charge in [-0.3, -0.25) is 4.79 Å². The van der Waals surface area contributed by atoms with Crippen LogP contribution in [-0.2, 0) is 11.3 Å². The molecule has 3 rings (SSSR count). The highest BCUT2D eigenvalue weighted by Crippen LogP contribution is 2.20. The van der Waals surface area contributed by atoms with E-state index in [4.69, 9.17) is 11.6 Å². The fourth-order valence-corrected chi connectivity index (χ4v) is 4.18. The van der Waals surface area contributed by atoms with Gasteiger partial charge in [-0.15, -0.1) is 11.3 Å². The summed E-state index contributed by atoms with van der Waals surface area (Å²) in [6, 6.07) is 7.01. The maximum atomic E-state index is 13.6. The molecular formula is C17H20ClF2N3OS+2. The van der Waals surface area contributed by atoms with Crippen molar-refractivity contribution in [2.75, 3.05) is 38.0 Å². The van der Waals surface area contributed by atoms with Crippen LogP contribution < -0.4 is 15.1 Å². The van der Waals surface area contributed by atoms with Gasteiger partial charge >= 0.3 is 0 Å². The Bertz CT molecular complexity index is 747. The lowest BCUT2D eigenvalue weighted by molar-refractivity contribution is -1.01. The molecule has 0 spiro atoms. The number of quaternary nitrogens is 2. The van der Waals surface area contributed by atoms with Crippen LogP contribution in [-0.4, -0.2) is 38.6 Å². The highest BCUT2D eigenvalue weighted by atomic mass is 35.5. The van der Waals surface area contributed by atoms with Gasteiger partial charge in [0.1, 0.15) is 44.4 Å². The van der Waals surface area contributed by atoms with Gasteiger partial charge in [0.05, 0.1) is 14.9 Å². The van der Waals surface area contributed by atoms with Crippen molar-refractivity contribution in [1.29, 1.82) is 0 Å². The zero-order valence-electron chi connectivity index (χ0n) is 13.6. The number of nitrogens with one attached hydrogen (secondary N) is 3. The molecule has 8 heteroatoms. The molecule has 1 aliphatic rings. The number of rotatable bonds is 5. The van der Waals surface area contributed by atoms with Gasteiger partial charge in [-0.2, -0.15) is 0 Å². The van der Waals surface area contributed by atoms with Crippen molar-refractivity contribution in [3.8, 4) is 0 Å². The van der Waals surface area contributed by atoms with Crippen molar-refractivity contribution in [3.63, 3.8) is 0 Å². The average molecular weight is 388 g/mol. The predicted molar refractivity (Wildman–Crippen MR) is 94.3 cm³/mol. The van der Waals surface area contributed by atoms with Crippen LogP contribution in [0.15, 0.2) is 30.3 Å². The third-order valence-corrected chi connectivity index (χ3v) is 5.56. The minimum Gasteiger partial charge on any atom is -0.321 e. The van der Waals surface area contributed by atoms with Gasteiger partial charge in [-0.1, -0.05) is 11.6 Å². The average Bonchev–Trinajstić information content (AvgIpc) is 2.98. The molecule has 25 heavy (non-hydrogen) atoms. The van der Waals surface area contributed by atoms with Gasteiger partial charge in [0, 0.05) is 6.07 Å². The van der Waals surface area contributed by atoms with Crippen molar-refractivity contribution in [3.05, 3.63) is 51.2 Å². The number of hydrogen-bond donors (Lipinski definition) is 3. The molecule has 0 saturated carbocycles. The van der Waals surface area contributed by atoms with Gasteiger partial charge < -0.3 is 15.1 Å². The molecule has 2 aromatic rings. The van der Waals surface area contributed by atoms with Gasteiger partial charge in [-0.05, 0) is 24.3 Å². The topological polar surface area (TPSA) is 38.0 Å². The van der Waals surface area contributed by atoms with Crippen LogP contribution in [0.3, 0.4) is 0 Å². The first-order valence-corrected chi connectivity index (χ1v) is 9.35. The van der Waals surface area contributed by atoms with E-state index in [1.165, 1.54) is 9.78 Å². The third-order valence-electron chi connectivity index (χ3n) is 4.33. The van der Waals surface area contributed by atoms with E-state index in [0.29, 0.717) is 0 Å². The molecule has 1 fully saturated rings. The van der Waals surface area contributed by atoms with E-state index >= 15 is 0 Å². The maximum absolute atomic E-state index is 13.6. The Kier molecular flexibility index (Phi) is 6.01. The van der Waals surface area contributed by atoms with Crippen molar-refractivity contribution in [2.24, 2.45) is 0 Å². The number of hydrogen-bond acceptors (Lipinski definition) is 2. The van der Waals surface area contributed by atoms with Crippen molar-refractivity contribution in [2.45, 2.75) is 6.54 Å².